The van der Waals surface area contributed by atoms with E-state index in [1.165, 1.54) is 11.0 Å². The summed E-state index contributed by atoms with van der Waals surface area (Å²) in [7, 11) is 0. The molecule has 3 aliphatic heterocycles. The number of nitrogens with zero attached hydrogens (tertiary/aromatic N) is 6. The van der Waals surface area contributed by atoms with Crippen LogP contribution in [-0.4, -0.2) is 74.9 Å². The molecule has 12 nitrogen and oxygen atoms in total. The number of rotatable bonds is 7. The lowest BCUT2D eigenvalue weighted by molar-refractivity contribution is 0.0519. The zero-order chi connectivity index (χ0) is 27.6. The lowest BCUT2D eigenvalue weighted by Crippen LogP contribution is -2.44. The van der Waals surface area contributed by atoms with Crippen molar-refractivity contribution in [3.05, 3.63) is 66.5 Å². The van der Waals surface area contributed by atoms with Crippen molar-refractivity contribution in [1.82, 2.24) is 35.7 Å². The second-order valence-electron chi connectivity index (χ2n) is 10.0. The number of amides is 3. The van der Waals surface area contributed by atoms with Crippen molar-refractivity contribution >= 4 is 23.5 Å². The number of hydrogen-bond donors (Lipinski definition) is 2. The SMILES string of the molecule is C[C@@H]1CCCN1C(=O)NC[C@@H]1C=C(c2ccc(-c3ccc(N4C[C@H](Cn5ccnn5)OC4=O)cc3F)cn2)NO1. The van der Waals surface area contributed by atoms with E-state index in [1.54, 1.807) is 47.5 Å². The Bertz CT molecular complexity index is 1410. The third kappa shape index (κ3) is 5.32. The van der Waals surface area contributed by atoms with Gasteiger partial charge in [-0.3, -0.25) is 20.2 Å². The number of likely N-dealkylation sites (tertiary alicyclic amines) is 1. The van der Waals surface area contributed by atoms with E-state index < -0.39 is 18.0 Å². The predicted octanol–water partition coefficient (Wildman–Crippen LogP) is 2.94. The van der Waals surface area contributed by atoms with Crippen LogP contribution in [0.25, 0.3) is 16.8 Å². The minimum Gasteiger partial charge on any atom is -0.442 e. The molecular weight excluding hydrogens is 519 g/mol. The average molecular weight is 549 g/mol. The molecule has 3 amide bonds. The molecule has 40 heavy (non-hydrogen) atoms. The molecule has 3 aliphatic rings. The molecule has 3 aromatic rings. The van der Waals surface area contributed by atoms with Crippen LogP contribution in [0.4, 0.5) is 19.7 Å². The van der Waals surface area contributed by atoms with Crippen molar-refractivity contribution in [2.45, 2.75) is 44.6 Å². The Labute approximate surface area is 229 Å². The number of urea groups is 1. The number of pyridine rings is 1. The standard InChI is InChI=1S/C27H29FN8O4/c1-17-3-2-9-35(17)26(37)30-14-20-12-25(32-40-20)24-7-4-18(13-29-24)22-6-5-19(11-23(22)28)36-16-21(39-27(36)38)15-34-10-8-31-33-34/h4-8,10-13,17,20-21,32H,2-3,9,14-16H2,1H3,(H,30,37)/t17-,20+,21+/m1/s1. The third-order valence-corrected chi connectivity index (χ3v) is 7.29. The number of ether oxygens (including phenoxy) is 1. The van der Waals surface area contributed by atoms with Crippen LogP contribution in [-0.2, 0) is 16.1 Å². The Balaban J connectivity index is 1.07. The summed E-state index contributed by atoms with van der Waals surface area (Å²) in [5.41, 5.74) is 5.51. The van der Waals surface area contributed by atoms with Crippen molar-refractivity contribution < 1.29 is 23.6 Å². The van der Waals surface area contributed by atoms with Gasteiger partial charge in [-0.15, -0.1) is 5.10 Å². The number of anilines is 1. The highest BCUT2D eigenvalue weighted by molar-refractivity contribution is 5.90. The number of carbonyl (C=O) groups is 2. The maximum absolute atomic E-state index is 15.1. The minimum absolute atomic E-state index is 0.0841. The van der Waals surface area contributed by atoms with Crippen LogP contribution in [0.15, 0.2) is 55.0 Å². The predicted molar refractivity (Wildman–Crippen MR) is 142 cm³/mol. The summed E-state index contributed by atoms with van der Waals surface area (Å²) in [6, 6.07) is 8.32. The maximum Gasteiger partial charge on any atom is 0.414 e. The first-order valence-corrected chi connectivity index (χ1v) is 13.2. The largest absolute Gasteiger partial charge is 0.442 e. The number of hydroxylamine groups is 1. The first kappa shape index (κ1) is 25.7. The highest BCUT2D eigenvalue weighted by atomic mass is 19.1. The molecule has 208 valence electrons. The molecule has 2 N–H and O–H groups in total. The van der Waals surface area contributed by atoms with Gasteiger partial charge in [0.1, 0.15) is 18.0 Å². The van der Waals surface area contributed by atoms with E-state index in [0.29, 0.717) is 41.3 Å². The van der Waals surface area contributed by atoms with E-state index in [4.69, 9.17) is 9.57 Å². The molecule has 0 saturated carbocycles. The van der Waals surface area contributed by atoms with Crippen LogP contribution in [0.5, 0.6) is 0 Å². The van der Waals surface area contributed by atoms with Gasteiger partial charge >= 0.3 is 12.1 Å². The summed E-state index contributed by atoms with van der Waals surface area (Å²) < 4.78 is 22.1. The molecular formula is C27H29FN8O4. The molecule has 6 rings (SSSR count). The molecule has 2 aromatic heterocycles. The summed E-state index contributed by atoms with van der Waals surface area (Å²) in [5.74, 6) is -0.482. The molecule has 0 spiro atoms. The van der Waals surface area contributed by atoms with Crippen molar-refractivity contribution in [3.8, 4) is 11.1 Å². The van der Waals surface area contributed by atoms with Gasteiger partial charge in [-0.2, -0.15) is 0 Å². The second-order valence-corrected chi connectivity index (χ2v) is 10.0. The summed E-state index contributed by atoms with van der Waals surface area (Å²) in [6.45, 7) is 3.80. The fourth-order valence-corrected chi connectivity index (χ4v) is 5.14. The molecule has 13 heteroatoms. The van der Waals surface area contributed by atoms with E-state index in [2.05, 4.69) is 33.0 Å². The van der Waals surface area contributed by atoms with Gasteiger partial charge in [-0.1, -0.05) is 11.3 Å². The van der Waals surface area contributed by atoms with Gasteiger partial charge in [0.2, 0.25) is 0 Å². The molecule has 0 radical (unpaired) electrons. The number of hydrogen-bond acceptors (Lipinski definition) is 8. The summed E-state index contributed by atoms with van der Waals surface area (Å²) in [4.78, 5) is 38.1. The van der Waals surface area contributed by atoms with Gasteiger partial charge in [0.15, 0.2) is 0 Å². The van der Waals surface area contributed by atoms with Crippen molar-refractivity contribution in [2.24, 2.45) is 0 Å². The third-order valence-electron chi connectivity index (χ3n) is 7.29. The zero-order valence-electron chi connectivity index (χ0n) is 21.9. The molecule has 0 bridgehead atoms. The lowest BCUT2D eigenvalue weighted by atomic mass is 10.1. The van der Waals surface area contributed by atoms with Gasteiger partial charge in [0, 0.05) is 36.1 Å². The molecule has 0 unspecified atom stereocenters. The van der Waals surface area contributed by atoms with Gasteiger partial charge in [0.25, 0.3) is 0 Å². The number of carbonyl (C=O) groups excluding carboxylic acids is 2. The molecule has 0 aliphatic carbocycles. The molecule has 3 atom stereocenters. The first-order valence-electron chi connectivity index (χ1n) is 13.2. The highest BCUT2D eigenvalue weighted by Gasteiger charge is 2.33. The average Bonchev–Trinajstić information content (AvgIpc) is 3.77. The van der Waals surface area contributed by atoms with Gasteiger partial charge < -0.3 is 15.0 Å². The minimum atomic E-state index is -0.536. The summed E-state index contributed by atoms with van der Waals surface area (Å²) >= 11 is 0. The van der Waals surface area contributed by atoms with Crippen molar-refractivity contribution in [3.63, 3.8) is 0 Å². The van der Waals surface area contributed by atoms with E-state index in [0.717, 1.165) is 19.4 Å². The number of aromatic nitrogens is 4. The van der Waals surface area contributed by atoms with Crippen LogP contribution in [0.3, 0.4) is 0 Å². The van der Waals surface area contributed by atoms with Crippen molar-refractivity contribution in [1.29, 1.82) is 0 Å². The zero-order valence-corrected chi connectivity index (χ0v) is 21.9. The highest BCUT2D eigenvalue weighted by Crippen LogP contribution is 2.30. The molecule has 1 aromatic carbocycles. The maximum atomic E-state index is 15.1. The topological polar surface area (TPSA) is 127 Å². The smallest absolute Gasteiger partial charge is 0.414 e. The Morgan fingerprint density at radius 1 is 1.27 bits per heavy atom. The van der Waals surface area contributed by atoms with Crippen LogP contribution in [0, 0.1) is 5.82 Å². The lowest BCUT2D eigenvalue weighted by Gasteiger charge is -2.22. The number of benzene rings is 1. The fourth-order valence-electron chi connectivity index (χ4n) is 5.14. The van der Waals surface area contributed by atoms with Crippen LogP contribution in [0.1, 0.15) is 25.5 Å². The van der Waals surface area contributed by atoms with E-state index in [9.17, 15) is 9.59 Å². The number of nitrogens with one attached hydrogen (secondary N) is 2. The van der Waals surface area contributed by atoms with Crippen LogP contribution in [0.2, 0.25) is 0 Å². The number of cyclic esters (lactones) is 1. The second kappa shape index (κ2) is 10.9. The van der Waals surface area contributed by atoms with Crippen LogP contribution < -0.4 is 15.7 Å². The van der Waals surface area contributed by atoms with E-state index >= 15 is 4.39 Å². The Hall–Kier alpha value is -4.52. The normalized spacial score (nSPS) is 22.3. The monoisotopic (exact) mass is 548 g/mol. The fraction of sp³-hybridized carbons (Fsp3) is 0.370. The summed E-state index contributed by atoms with van der Waals surface area (Å²) in [5, 5.41) is 10.6. The molecule has 2 saturated heterocycles. The van der Waals surface area contributed by atoms with E-state index in [1.807, 2.05) is 11.0 Å². The first-order chi connectivity index (χ1) is 19.4. The summed E-state index contributed by atoms with van der Waals surface area (Å²) in [6.07, 6.45) is 7.43. The quantitative estimate of drug-likeness (QED) is 0.462. The van der Waals surface area contributed by atoms with Gasteiger partial charge in [0.05, 0.1) is 42.9 Å². The Kier molecular flexibility index (Phi) is 7.03. The van der Waals surface area contributed by atoms with Gasteiger partial charge in [-0.05, 0) is 50.1 Å². The van der Waals surface area contributed by atoms with Gasteiger partial charge in [-0.25, -0.2) is 18.7 Å². The Morgan fingerprint density at radius 2 is 2.17 bits per heavy atom. The Morgan fingerprint density at radius 3 is 2.90 bits per heavy atom. The van der Waals surface area contributed by atoms with Crippen molar-refractivity contribution in [2.75, 3.05) is 24.5 Å². The number of halogens is 1. The molecule has 5 heterocycles. The van der Waals surface area contributed by atoms with Crippen LogP contribution >= 0.6 is 0 Å². The molecule has 2 fully saturated rings. The van der Waals surface area contributed by atoms with E-state index in [-0.39, 0.29) is 24.7 Å².